The number of anilines is 3. The molecule has 1 aliphatic heterocycles. The molecule has 1 aromatic heterocycles. The summed E-state index contributed by atoms with van der Waals surface area (Å²) in [5, 5.41) is 9.98. The van der Waals surface area contributed by atoms with E-state index in [1.54, 1.807) is 6.20 Å². The second-order valence-corrected chi connectivity index (χ2v) is 9.20. The summed E-state index contributed by atoms with van der Waals surface area (Å²) in [7, 11) is 0. The molecule has 2 atom stereocenters. The molecule has 0 bridgehead atoms. The van der Waals surface area contributed by atoms with Gasteiger partial charge < -0.3 is 20.7 Å². The lowest BCUT2D eigenvalue weighted by Crippen LogP contribution is -2.53. The van der Waals surface area contributed by atoms with E-state index >= 15 is 0 Å². The molecule has 0 spiro atoms. The van der Waals surface area contributed by atoms with Crippen LogP contribution >= 0.6 is 0 Å². The van der Waals surface area contributed by atoms with E-state index in [0.717, 1.165) is 34.3 Å². The number of carbonyl (C=O) groups is 1. The van der Waals surface area contributed by atoms with Gasteiger partial charge in [-0.3, -0.25) is 4.79 Å². The molecule has 37 heavy (non-hydrogen) atoms. The van der Waals surface area contributed by atoms with Crippen LogP contribution in [0.1, 0.15) is 13.3 Å². The number of benzene rings is 3. The maximum atomic E-state index is 14.4. The molecular weight excluding hydrogens is 469 g/mol. The van der Waals surface area contributed by atoms with Crippen molar-refractivity contribution in [1.29, 1.82) is 0 Å². The third-order valence-electron chi connectivity index (χ3n) is 6.48. The Hall–Kier alpha value is -4.30. The Bertz CT molecular complexity index is 1440. The van der Waals surface area contributed by atoms with E-state index in [1.165, 1.54) is 6.08 Å². The van der Waals surface area contributed by atoms with Gasteiger partial charge in [-0.2, -0.15) is 0 Å². The highest BCUT2D eigenvalue weighted by atomic mass is 19.1. The van der Waals surface area contributed by atoms with E-state index in [1.807, 2.05) is 73.7 Å². The van der Waals surface area contributed by atoms with Gasteiger partial charge in [-0.15, -0.1) is 0 Å². The third-order valence-corrected chi connectivity index (χ3v) is 6.48. The van der Waals surface area contributed by atoms with Crippen molar-refractivity contribution < 1.29 is 13.9 Å². The van der Waals surface area contributed by atoms with Crippen molar-refractivity contribution in [2.45, 2.75) is 25.1 Å². The Labute approximate surface area is 214 Å². The normalized spacial score (nSPS) is 19.2. The molecule has 0 aliphatic carbocycles. The van der Waals surface area contributed by atoms with Gasteiger partial charge >= 0.3 is 0 Å². The average Bonchev–Trinajstić information content (AvgIpc) is 2.91. The third kappa shape index (κ3) is 5.44. The highest BCUT2D eigenvalue weighted by molar-refractivity contribution is 6.00. The number of aromatic nitrogens is 2. The monoisotopic (exact) mass is 497 g/mol. The number of rotatable bonds is 7. The van der Waals surface area contributed by atoms with E-state index < -0.39 is 11.8 Å². The van der Waals surface area contributed by atoms with Crippen LogP contribution in [0.3, 0.4) is 0 Å². The van der Waals surface area contributed by atoms with Crippen LogP contribution in [0.5, 0.6) is 5.75 Å². The predicted octanol–water partition coefficient (Wildman–Crippen LogP) is 5.63. The van der Waals surface area contributed by atoms with Crippen molar-refractivity contribution in [3.05, 3.63) is 85.6 Å². The van der Waals surface area contributed by atoms with Crippen LogP contribution in [0.25, 0.3) is 22.0 Å². The zero-order valence-electron chi connectivity index (χ0n) is 20.5. The van der Waals surface area contributed by atoms with Crippen molar-refractivity contribution >= 4 is 34.1 Å². The molecule has 7 nitrogen and oxygen atoms in total. The Morgan fingerprint density at radius 2 is 1.97 bits per heavy atom. The van der Waals surface area contributed by atoms with Crippen molar-refractivity contribution in [2.24, 2.45) is 0 Å². The molecule has 0 saturated carbocycles. The molecule has 1 aliphatic rings. The second kappa shape index (κ2) is 10.4. The van der Waals surface area contributed by atoms with Crippen molar-refractivity contribution in [2.75, 3.05) is 23.7 Å². The summed E-state index contributed by atoms with van der Waals surface area (Å²) >= 11 is 0. The number of para-hydroxylation sites is 1. The Balaban J connectivity index is 1.37. The van der Waals surface area contributed by atoms with E-state index in [4.69, 9.17) is 9.72 Å². The Morgan fingerprint density at radius 1 is 1.16 bits per heavy atom. The summed E-state index contributed by atoms with van der Waals surface area (Å²) in [4.78, 5) is 21.0. The maximum Gasteiger partial charge on any atom is 0.247 e. The number of fused-ring (bicyclic) bond motifs is 1. The SMILES string of the molecule is C=CC(=O)Nc1cccc(-c2cccc3cnc(Nc4ccc(O[C@@]5(C)CCNC[C@@H]5F)cc4)nc23)c1. The first-order valence-electron chi connectivity index (χ1n) is 12.1. The van der Waals surface area contributed by atoms with E-state index in [-0.39, 0.29) is 5.91 Å². The summed E-state index contributed by atoms with van der Waals surface area (Å²) in [6.07, 6.45) is 2.54. The second-order valence-electron chi connectivity index (χ2n) is 9.20. The molecule has 1 fully saturated rings. The number of alkyl halides is 1. The molecule has 0 radical (unpaired) electrons. The van der Waals surface area contributed by atoms with Gasteiger partial charge in [-0.1, -0.05) is 36.9 Å². The minimum Gasteiger partial charge on any atom is -0.484 e. The first kappa shape index (κ1) is 24.4. The number of amides is 1. The van der Waals surface area contributed by atoms with E-state index in [2.05, 4.69) is 27.5 Å². The first-order valence-corrected chi connectivity index (χ1v) is 12.1. The lowest BCUT2D eigenvalue weighted by Gasteiger charge is -2.37. The lowest BCUT2D eigenvalue weighted by atomic mass is 9.92. The maximum absolute atomic E-state index is 14.4. The summed E-state index contributed by atoms with van der Waals surface area (Å²) in [5.41, 5.74) is 3.22. The van der Waals surface area contributed by atoms with Gasteiger partial charge in [-0.25, -0.2) is 14.4 Å². The van der Waals surface area contributed by atoms with Gasteiger partial charge in [0.1, 0.15) is 11.4 Å². The average molecular weight is 498 g/mol. The van der Waals surface area contributed by atoms with Crippen molar-refractivity contribution in [3.8, 4) is 16.9 Å². The fourth-order valence-corrected chi connectivity index (χ4v) is 4.36. The quantitative estimate of drug-likeness (QED) is 0.287. The van der Waals surface area contributed by atoms with Gasteiger partial charge in [0.05, 0.1) is 5.52 Å². The Kier molecular flexibility index (Phi) is 6.83. The van der Waals surface area contributed by atoms with E-state index in [9.17, 15) is 9.18 Å². The topological polar surface area (TPSA) is 88.2 Å². The highest BCUT2D eigenvalue weighted by Gasteiger charge is 2.39. The van der Waals surface area contributed by atoms with Crippen molar-refractivity contribution in [1.82, 2.24) is 15.3 Å². The molecule has 1 saturated heterocycles. The standard InChI is InChI=1S/C29H28FN5O2/c1-3-26(36)33-22-8-4-6-19(16-22)24-9-5-7-20-17-32-28(35-27(20)24)34-21-10-12-23(13-11-21)37-29(2)14-15-31-18-25(29)30/h3-13,16-17,25,31H,1,14-15,18H2,2H3,(H,33,36)(H,32,34,35)/t25-,29-/m0/s1. The molecule has 4 aromatic rings. The lowest BCUT2D eigenvalue weighted by molar-refractivity contribution is -0.111. The molecule has 0 unspecified atom stereocenters. The smallest absolute Gasteiger partial charge is 0.247 e. The number of hydrogen-bond acceptors (Lipinski definition) is 6. The van der Waals surface area contributed by atoms with E-state index in [0.29, 0.717) is 30.4 Å². The van der Waals surface area contributed by atoms with Crippen LogP contribution in [0.2, 0.25) is 0 Å². The highest BCUT2D eigenvalue weighted by Crippen LogP contribution is 2.31. The number of carbonyl (C=O) groups excluding carboxylic acids is 1. The minimum atomic E-state index is -1.07. The van der Waals surface area contributed by atoms with Gasteiger partial charge in [0.25, 0.3) is 0 Å². The molecular formula is C29H28FN5O2. The molecule has 2 heterocycles. The van der Waals surface area contributed by atoms with Gasteiger partial charge in [0.15, 0.2) is 6.17 Å². The van der Waals surface area contributed by atoms with Crippen molar-refractivity contribution in [3.63, 3.8) is 0 Å². The molecule has 3 N–H and O–H groups in total. The van der Waals surface area contributed by atoms with Crippen LogP contribution in [0.4, 0.5) is 21.7 Å². The predicted molar refractivity (Wildman–Crippen MR) is 145 cm³/mol. The minimum absolute atomic E-state index is 0.269. The number of halogens is 1. The zero-order chi connectivity index (χ0) is 25.8. The number of nitrogens with zero attached hydrogens (tertiary/aromatic N) is 2. The molecule has 5 rings (SSSR count). The fraction of sp³-hybridized carbons (Fsp3) is 0.207. The molecule has 8 heteroatoms. The Morgan fingerprint density at radius 3 is 2.76 bits per heavy atom. The largest absolute Gasteiger partial charge is 0.484 e. The summed E-state index contributed by atoms with van der Waals surface area (Å²) < 4.78 is 20.4. The van der Waals surface area contributed by atoms with Crippen LogP contribution in [-0.4, -0.2) is 40.7 Å². The van der Waals surface area contributed by atoms with Crippen LogP contribution in [0, 0.1) is 0 Å². The van der Waals surface area contributed by atoms with Gasteiger partial charge in [0, 0.05) is 41.5 Å². The van der Waals surface area contributed by atoms with Crippen LogP contribution < -0.4 is 20.7 Å². The van der Waals surface area contributed by atoms with Crippen LogP contribution in [-0.2, 0) is 4.79 Å². The molecule has 1 amide bonds. The molecule has 3 aromatic carbocycles. The van der Waals surface area contributed by atoms with Gasteiger partial charge in [0.2, 0.25) is 11.9 Å². The summed E-state index contributed by atoms with van der Waals surface area (Å²) in [5.74, 6) is 0.788. The first-order chi connectivity index (χ1) is 17.9. The van der Waals surface area contributed by atoms with Crippen LogP contribution in [0.15, 0.2) is 85.6 Å². The number of piperidine rings is 1. The number of nitrogens with one attached hydrogen (secondary N) is 3. The molecule has 188 valence electrons. The summed E-state index contributed by atoms with van der Waals surface area (Å²) in [6, 6.07) is 20.8. The number of hydrogen-bond donors (Lipinski definition) is 3. The zero-order valence-corrected chi connectivity index (χ0v) is 20.5. The van der Waals surface area contributed by atoms with Gasteiger partial charge in [-0.05, 0) is 61.5 Å². The number of ether oxygens (including phenoxy) is 1. The fourth-order valence-electron chi connectivity index (χ4n) is 4.36. The summed E-state index contributed by atoms with van der Waals surface area (Å²) in [6.45, 7) is 6.34.